The van der Waals surface area contributed by atoms with Crippen LogP contribution in [0.5, 0.6) is 5.75 Å². The lowest BCUT2D eigenvalue weighted by Gasteiger charge is -2.41. The van der Waals surface area contributed by atoms with Gasteiger partial charge in [-0.25, -0.2) is 0 Å². The molecule has 0 bridgehead atoms. The number of aliphatic hydroxyl groups excluding tert-OH is 2. The molecule has 0 aliphatic heterocycles. The first-order chi connectivity index (χ1) is 18.3. The third-order valence-electron chi connectivity index (χ3n) is 7.04. The highest BCUT2D eigenvalue weighted by molar-refractivity contribution is 14.1. The maximum atomic E-state index is 13.9. The molecule has 4 rings (SSSR count). The summed E-state index contributed by atoms with van der Waals surface area (Å²) in [4.78, 5) is 28.6. The van der Waals surface area contributed by atoms with Crippen LogP contribution in [0.15, 0.2) is 54.1 Å². The normalized spacial score (nSPS) is 21.6. The molecule has 10 heteroatoms. The average molecular weight is 673 g/mol. The minimum atomic E-state index is -1.09. The number of benzene rings is 2. The summed E-state index contributed by atoms with van der Waals surface area (Å²) >= 11 is 14.5. The van der Waals surface area contributed by atoms with E-state index in [1.165, 1.54) is 0 Å². The standard InChI is InChI=1S/C28H31Cl2IN2O5/c29-20-10-9-17(13-21(20)30)16-33(28(37)18-5-1-2-6-18)23-14-19(27(36)32-11-12-34)15-25(26(23)35)38-24-8-4-3-7-22(24)31/h3-4,7-10,13,15,18,23,25-26,34-35H,1-2,5-6,11-12,14,16H2,(H,32,36). The zero-order valence-corrected chi connectivity index (χ0v) is 24.5. The van der Waals surface area contributed by atoms with Crippen LogP contribution in [-0.2, 0) is 16.1 Å². The molecule has 0 radical (unpaired) electrons. The summed E-state index contributed by atoms with van der Waals surface area (Å²) in [6, 6.07) is 11.9. The first kappa shape index (κ1) is 29.1. The first-order valence-corrected chi connectivity index (χ1v) is 14.6. The monoisotopic (exact) mass is 672 g/mol. The van der Waals surface area contributed by atoms with Crippen LogP contribution in [0.3, 0.4) is 0 Å². The van der Waals surface area contributed by atoms with Crippen molar-refractivity contribution in [1.82, 2.24) is 10.2 Å². The van der Waals surface area contributed by atoms with Gasteiger partial charge in [-0.15, -0.1) is 0 Å². The molecule has 2 aromatic rings. The van der Waals surface area contributed by atoms with Gasteiger partial charge in [0, 0.05) is 31.0 Å². The van der Waals surface area contributed by atoms with Crippen molar-refractivity contribution >= 4 is 57.6 Å². The molecule has 2 aromatic carbocycles. The van der Waals surface area contributed by atoms with Crippen LogP contribution in [0.4, 0.5) is 0 Å². The summed E-state index contributed by atoms with van der Waals surface area (Å²) in [7, 11) is 0. The molecule has 204 valence electrons. The number of hydrogen-bond donors (Lipinski definition) is 3. The van der Waals surface area contributed by atoms with Gasteiger partial charge in [0.1, 0.15) is 18.0 Å². The van der Waals surface area contributed by atoms with Gasteiger partial charge in [0.25, 0.3) is 0 Å². The van der Waals surface area contributed by atoms with E-state index in [2.05, 4.69) is 27.9 Å². The van der Waals surface area contributed by atoms with E-state index < -0.39 is 18.2 Å². The number of halogens is 3. The van der Waals surface area contributed by atoms with E-state index in [1.807, 2.05) is 24.3 Å². The van der Waals surface area contributed by atoms with Gasteiger partial charge in [0.2, 0.25) is 11.8 Å². The van der Waals surface area contributed by atoms with Gasteiger partial charge in [-0.2, -0.15) is 0 Å². The van der Waals surface area contributed by atoms with Gasteiger partial charge in [-0.05, 0) is 71.3 Å². The van der Waals surface area contributed by atoms with Crippen molar-refractivity contribution in [3.63, 3.8) is 0 Å². The summed E-state index contributed by atoms with van der Waals surface area (Å²) in [5.74, 6) is 0.0112. The second-order valence-electron chi connectivity index (χ2n) is 9.64. The number of rotatable bonds is 9. The highest BCUT2D eigenvalue weighted by Crippen LogP contribution is 2.34. The molecule has 0 saturated heterocycles. The number of para-hydroxylation sites is 1. The number of ether oxygens (including phenoxy) is 1. The fraction of sp³-hybridized carbons (Fsp3) is 0.429. The molecule has 0 heterocycles. The number of carbonyl (C=O) groups is 2. The Labute approximate surface area is 246 Å². The van der Waals surface area contributed by atoms with Crippen molar-refractivity contribution in [2.24, 2.45) is 5.92 Å². The van der Waals surface area contributed by atoms with E-state index >= 15 is 0 Å². The molecule has 38 heavy (non-hydrogen) atoms. The van der Waals surface area contributed by atoms with Crippen LogP contribution in [0.2, 0.25) is 10.0 Å². The Bertz CT molecular complexity index is 1190. The van der Waals surface area contributed by atoms with Gasteiger partial charge < -0.3 is 25.2 Å². The lowest BCUT2D eigenvalue weighted by molar-refractivity contribution is -0.143. The molecule has 2 amide bonds. The fourth-order valence-corrected chi connectivity index (χ4v) is 5.90. The Morgan fingerprint density at radius 2 is 1.84 bits per heavy atom. The van der Waals surface area contributed by atoms with Crippen molar-refractivity contribution in [1.29, 1.82) is 0 Å². The second kappa shape index (κ2) is 13.5. The third kappa shape index (κ3) is 7.01. The molecule has 3 N–H and O–H groups in total. The molecule has 1 fully saturated rings. The van der Waals surface area contributed by atoms with E-state index in [-0.39, 0.29) is 43.8 Å². The minimum absolute atomic E-state index is 0.0531. The first-order valence-electron chi connectivity index (χ1n) is 12.7. The van der Waals surface area contributed by atoms with E-state index in [1.54, 1.807) is 29.2 Å². The van der Waals surface area contributed by atoms with Crippen LogP contribution in [0.25, 0.3) is 0 Å². The lowest BCUT2D eigenvalue weighted by atomic mass is 9.87. The van der Waals surface area contributed by atoms with Crippen LogP contribution >= 0.6 is 45.8 Å². The highest BCUT2D eigenvalue weighted by atomic mass is 127. The molecule has 0 spiro atoms. The van der Waals surface area contributed by atoms with Crippen molar-refractivity contribution < 1.29 is 24.5 Å². The third-order valence-corrected chi connectivity index (χ3v) is 8.67. The van der Waals surface area contributed by atoms with Crippen LogP contribution in [0.1, 0.15) is 37.7 Å². The summed E-state index contributed by atoms with van der Waals surface area (Å²) in [5, 5.41) is 24.3. The zero-order chi connectivity index (χ0) is 27.2. The molecule has 7 nitrogen and oxygen atoms in total. The maximum absolute atomic E-state index is 13.9. The van der Waals surface area contributed by atoms with Crippen molar-refractivity contribution in [2.45, 2.75) is 56.9 Å². The molecule has 0 aromatic heterocycles. The zero-order valence-electron chi connectivity index (χ0n) is 20.8. The number of nitrogens with one attached hydrogen (secondary N) is 1. The second-order valence-corrected chi connectivity index (χ2v) is 11.6. The maximum Gasteiger partial charge on any atom is 0.247 e. The topological polar surface area (TPSA) is 99.1 Å². The lowest BCUT2D eigenvalue weighted by Crippen LogP contribution is -2.55. The molecule has 3 atom stereocenters. The Hall–Kier alpha value is -1.85. The van der Waals surface area contributed by atoms with Gasteiger partial charge in [-0.3, -0.25) is 9.59 Å². The summed E-state index contributed by atoms with van der Waals surface area (Å²) < 4.78 is 7.07. The Morgan fingerprint density at radius 3 is 2.53 bits per heavy atom. The van der Waals surface area contributed by atoms with Gasteiger partial charge >= 0.3 is 0 Å². The van der Waals surface area contributed by atoms with Crippen molar-refractivity contribution in [3.8, 4) is 5.75 Å². The van der Waals surface area contributed by atoms with Gasteiger partial charge in [-0.1, -0.05) is 54.2 Å². The molecular formula is C28H31Cl2IN2O5. The van der Waals surface area contributed by atoms with Crippen LogP contribution in [0, 0.1) is 9.49 Å². The number of carbonyl (C=O) groups excluding carboxylic acids is 2. The van der Waals surface area contributed by atoms with Crippen molar-refractivity contribution in [3.05, 3.63) is 73.3 Å². The average Bonchev–Trinajstić information content (AvgIpc) is 3.45. The number of hydrogen-bond acceptors (Lipinski definition) is 5. The SMILES string of the molecule is O=C(NCCO)C1=CC(Oc2ccccc2I)C(O)C(N(Cc2ccc(Cl)c(Cl)c2)C(=O)C2CCCC2)C1. The molecule has 2 aliphatic carbocycles. The predicted molar refractivity (Wildman–Crippen MR) is 155 cm³/mol. The smallest absolute Gasteiger partial charge is 0.247 e. The van der Waals surface area contributed by atoms with E-state index in [9.17, 15) is 19.8 Å². The number of amides is 2. The highest BCUT2D eigenvalue weighted by Gasteiger charge is 2.42. The van der Waals surface area contributed by atoms with Crippen LogP contribution in [-0.4, -0.2) is 58.3 Å². The van der Waals surface area contributed by atoms with E-state index in [0.717, 1.165) is 34.8 Å². The Morgan fingerprint density at radius 1 is 1.11 bits per heavy atom. The van der Waals surface area contributed by atoms with Gasteiger partial charge in [0.15, 0.2) is 0 Å². The Kier molecular flexibility index (Phi) is 10.3. The largest absolute Gasteiger partial charge is 0.482 e. The molecule has 1 saturated carbocycles. The quantitative estimate of drug-likeness (QED) is 0.335. The molecule has 3 unspecified atom stereocenters. The predicted octanol–water partition coefficient (Wildman–Crippen LogP) is 4.73. The van der Waals surface area contributed by atoms with E-state index in [4.69, 9.17) is 27.9 Å². The minimum Gasteiger partial charge on any atom is -0.482 e. The summed E-state index contributed by atoms with van der Waals surface area (Å²) in [6.45, 7) is 0.103. The van der Waals surface area contributed by atoms with Gasteiger partial charge in [0.05, 0.1) is 26.3 Å². The Balaban J connectivity index is 1.70. The fourth-order valence-electron chi connectivity index (χ4n) is 5.07. The van der Waals surface area contributed by atoms with E-state index in [0.29, 0.717) is 21.4 Å². The molecular weight excluding hydrogens is 642 g/mol. The summed E-state index contributed by atoms with van der Waals surface area (Å²) in [6.07, 6.45) is 3.36. The number of aliphatic hydroxyl groups is 2. The molecule has 2 aliphatic rings. The number of nitrogens with zero attached hydrogens (tertiary/aromatic N) is 1. The van der Waals surface area contributed by atoms with Crippen molar-refractivity contribution in [2.75, 3.05) is 13.2 Å². The van der Waals surface area contributed by atoms with Crippen LogP contribution < -0.4 is 10.1 Å². The summed E-state index contributed by atoms with van der Waals surface area (Å²) in [5.41, 5.74) is 1.16.